The maximum atomic E-state index is 5.04. The van der Waals surface area contributed by atoms with Gasteiger partial charge in [-0.1, -0.05) is 12.1 Å². The molecule has 0 amide bonds. The number of imidazole rings is 1. The fraction of sp³-hybridized carbons (Fsp3) is 0.261. The Morgan fingerprint density at radius 3 is 2.50 bits per heavy atom. The Morgan fingerprint density at radius 2 is 1.77 bits per heavy atom. The van der Waals surface area contributed by atoms with Crippen LogP contribution in [0.1, 0.15) is 37.7 Å². The van der Waals surface area contributed by atoms with Crippen LogP contribution in [0, 0.1) is 0 Å². The number of benzene rings is 1. The molecule has 0 atom stereocenters. The van der Waals surface area contributed by atoms with Crippen LogP contribution in [0.2, 0.25) is 0 Å². The zero-order valence-corrected chi connectivity index (χ0v) is 17.4. The van der Waals surface area contributed by atoms with E-state index in [1.807, 2.05) is 6.33 Å². The van der Waals surface area contributed by atoms with Crippen molar-refractivity contribution < 1.29 is 4.74 Å². The van der Waals surface area contributed by atoms with Gasteiger partial charge >= 0.3 is 6.01 Å². The Labute approximate surface area is 174 Å². The molecule has 7 heteroatoms. The molecule has 150 valence electrons. The second-order valence-electron chi connectivity index (χ2n) is 8.32. The lowest BCUT2D eigenvalue weighted by molar-refractivity contribution is 0.380. The van der Waals surface area contributed by atoms with E-state index in [2.05, 4.69) is 69.5 Å². The largest absolute Gasteiger partial charge is 0.467 e. The van der Waals surface area contributed by atoms with Crippen LogP contribution in [0.5, 0.6) is 6.01 Å². The van der Waals surface area contributed by atoms with E-state index < -0.39 is 0 Å². The van der Waals surface area contributed by atoms with Crippen LogP contribution < -0.4 is 4.74 Å². The highest BCUT2D eigenvalue weighted by atomic mass is 16.5. The predicted octanol–water partition coefficient (Wildman–Crippen LogP) is 4.03. The van der Waals surface area contributed by atoms with E-state index in [4.69, 9.17) is 9.72 Å². The van der Waals surface area contributed by atoms with Gasteiger partial charge < -0.3 is 9.30 Å². The van der Waals surface area contributed by atoms with Crippen molar-refractivity contribution in [1.82, 2.24) is 29.5 Å². The summed E-state index contributed by atoms with van der Waals surface area (Å²) in [6, 6.07) is 6.70. The van der Waals surface area contributed by atoms with E-state index in [-0.39, 0.29) is 5.54 Å². The summed E-state index contributed by atoms with van der Waals surface area (Å²) >= 11 is 0. The quantitative estimate of drug-likeness (QED) is 0.518. The van der Waals surface area contributed by atoms with Crippen LogP contribution in [0.15, 0.2) is 49.2 Å². The minimum atomic E-state index is -0.0450. The Hall–Kier alpha value is -3.61. The van der Waals surface area contributed by atoms with Crippen molar-refractivity contribution >= 4 is 16.6 Å². The highest BCUT2D eigenvalue weighted by Gasteiger charge is 2.22. The third-order valence-electron chi connectivity index (χ3n) is 5.29. The van der Waals surface area contributed by atoms with E-state index in [0.717, 1.165) is 51.2 Å². The Balaban J connectivity index is 1.57. The summed E-state index contributed by atoms with van der Waals surface area (Å²) in [4.78, 5) is 22.5. The lowest BCUT2D eigenvalue weighted by Crippen LogP contribution is -2.20. The lowest BCUT2D eigenvalue weighted by Gasteiger charge is -2.22. The number of methoxy groups -OCH3 is 1. The molecule has 0 bridgehead atoms. The smallest absolute Gasteiger partial charge is 0.316 e. The van der Waals surface area contributed by atoms with Gasteiger partial charge in [0.2, 0.25) is 0 Å². The first-order chi connectivity index (χ1) is 14.4. The van der Waals surface area contributed by atoms with E-state index in [1.165, 1.54) is 0 Å². The van der Waals surface area contributed by atoms with Gasteiger partial charge in [-0.25, -0.2) is 19.9 Å². The summed E-state index contributed by atoms with van der Waals surface area (Å²) in [6.45, 7) is 6.54. The van der Waals surface area contributed by atoms with Crippen molar-refractivity contribution in [2.45, 2.75) is 32.7 Å². The third-order valence-corrected chi connectivity index (χ3v) is 5.29. The number of ether oxygens (including phenoxy) is 1. The summed E-state index contributed by atoms with van der Waals surface area (Å²) in [7, 11) is 1.55. The van der Waals surface area contributed by atoms with Crippen molar-refractivity contribution in [3.05, 3.63) is 66.1 Å². The molecule has 3 heterocycles. The molecule has 1 aromatic carbocycles. The standard InChI is InChI=1S/C23H22N6O/c1-23(2,3)29-13-27-17-7-5-14(9-20(17)29)16-6-8-18-21(16)28-19(12-24-18)15-10-25-22(30-4)26-11-15/h5-7,9-13H,8H2,1-4H3. The van der Waals surface area contributed by atoms with Gasteiger partial charge in [0.1, 0.15) is 0 Å². The second-order valence-corrected chi connectivity index (χ2v) is 8.32. The number of aromatic nitrogens is 6. The first-order valence-corrected chi connectivity index (χ1v) is 9.85. The molecule has 0 N–H and O–H groups in total. The van der Waals surface area contributed by atoms with E-state index in [0.29, 0.717) is 6.01 Å². The molecule has 3 aromatic heterocycles. The van der Waals surface area contributed by atoms with Crippen molar-refractivity contribution in [3.63, 3.8) is 0 Å². The van der Waals surface area contributed by atoms with Crippen LogP contribution >= 0.6 is 0 Å². The molecule has 0 saturated heterocycles. The number of allylic oxidation sites excluding steroid dienone is 1. The zero-order valence-electron chi connectivity index (χ0n) is 17.4. The van der Waals surface area contributed by atoms with E-state index in [9.17, 15) is 0 Å². The molecular weight excluding hydrogens is 376 g/mol. The maximum absolute atomic E-state index is 5.04. The highest BCUT2D eigenvalue weighted by molar-refractivity contribution is 5.88. The van der Waals surface area contributed by atoms with Gasteiger partial charge in [0.25, 0.3) is 0 Å². The maximum Gasteiger partial charge on any atom is 0.316 e. The van der Waals surface area contributed by atoms with Crippen LogP contribution in [-0.4, -0.2) is 36.6 Å². The Morgan fingerprint density at radius 1 is 0.967 bits per heavy atom. The molecule has 0 aliphatic heterocycles. The summed E-state index contributed by atoms with van der Waals surface area (Å²) < 4.78 is 7.25. The molecule has 0 saturated carbocycles. The first-order valence-electron chi connectivity index (χ1n) is 9.85. The van der Waals surface area contributed by atoms with Crippen LogP contribution in [0.3, 0.4) is 0 Å². The average molecular weight is 398 g/mol. The monoisotopic (exact) mass is 398 g/mol. The van der Waals surface area contributed by atoms with Gasteiger partial charge in [-0.05, 0) is 38.5 Å². The lowest BCUT2D eigenvalue weighted by atomic mass is 10.0. The van der Waals surface area contributed by atoms with Gasteiger partial charge in [0, 0.05) is 35.5 Å². The molecule has 0 unspecified atom stereocenters. The van der Waals surface area contributed by atoms with Gasteiger partial charge in [-0.2, -0.15) is 0 Å². The van der Waals surface area contributed by atoms with Gasteiger partial charge in [-0.3, -0.25) is 4.98 Å². The molecular formula is C23H22N6O. The summed E-state index contributed by atoms with van der Waals surface area (Å²) in [6.07, 6.45) is 10.1. The third kappa shape index (κ3) is 3.03. The van der Waals surface area contributed by atoms with Crippen molar-refractivity contribution in [1.29, 1.82) is 0 Å². The van der Waals surface area contributed by atoms with Crippen molar-refractivity contribution in [2.24, 2.45) is 0 Å². The summed E-state index contributed by atoms with van der Waals surface area (Å²) in [5.74, 6) is 0. The average Bonchev–Trinajstić information content (AvgIpc) is 3.36. The van der Waals surface area contributed by atoms with Gasteiger partial charge in [0.05, 0.1) is 47.7 Å². The van der Waals surface area contributed by atoms with Crippen LogP contribution in [0.4, 0.5) is 0 Å². The molecule has 0 fully saturated rings. The SMILES string of the molecule is COc1ncc(-c2cnc3c(n2)C(c2ccc4ncn(C(C)(C)C)c4c2)=CC3)cn1. The molecule has 4 aromatic rings. The fourth-order valence-corrected chi connectivity index (χ4v) is 3.73. The highest BCUT2D eigenvalue weighted by Crippen LogP contribution is 2.34. The molecule has 5 rings (SSSR count). The number of fused-ring (bicyclic) bond motifs is 2. The fourth-order valence-electron chi connectivity index (χ4n) is 3.73. The molecule has 0 radical (unpaired) electrons. The van der Waals surface area contributed by atoms with Gasteiger partial charge in [0.15, 0.2) is 0 Å². The van der Waals surface area contributed by atoms with Crippen LogP contribution in [0.25, 0.3) is 27.9 Å². The summed E-state index contributed by atoms with van der Waals surface area (Å²) in [5, 5.41) is 0. The first kappa shape index (κ1) is 18.4. The molecule has 7 nitrogen and oxygen atoms in total. The molecule has 1 aliphatic carbocycles. The zero-order chi connectivity index (χ0) is 20.9. The number of nitrogens with zero attached hydrogens (tertiary/aromatic N) is 6. The molecule has 30 heavy (non-hydrogen) atoms. The minimum absolute atomic E-state index is 0.0450. The van der Waals surface area contributed by atoms with Crippen molar-refractivity contribution in [3.8, 4) is 17.3 Å². The van der Waals surface area contributed by atoms with Gasteiger partial charge in [-0.15, -0.1) is 0 Å². The predicted molar refractivity (Wildman–Crippen MR) is 115 cm³/mol. The van der Waals surface area contributed by atoms with E-state index >= 15 is 0 Å². The Bertz CT molecular complexity index is 1280. The normalized spacial score (nSPS) is 13.4. The minimum Gasteiger partial charge on any atom is -0.467 e. The Kier molecular flexibility index (Phi) is 4.13. The molecule has 1 aliphatic rings. The van der Waals surface area contributed by atoms with E-state index in [1.54, 1.807) is 25.7 Å². The second kappa shape index (κ2) is 6.73. The number of rotatable bonds is 3. The number of hydrogen-bond donors (Lipinski definition) is 0. The topological polar surface area (TPSA) is 78.6 Å². The van der Waals surface area contributed by atoms with Crippen molar-refractivity contribution in [2.75, 3.05) is 7.11 Å². The number of hydrogen-bond acceptors (Lipinski definition) is 6. The summed E-state index contributed by atoms with van der Waals surface area (Å²) in [5.41, 5.74) is 7.70. The van der Waals surface area contributed by atoms with Crippen LogP contribution in [-0.2, 0) is 12.0 Å². The molecule has 0 spiro atoms.